The van der Waals surface area contributed by atoms with Crippen molar-refractivity contribution < 1.29 is 13.2 Å². The van der Waals surface area contributed by atoms with Crippen LogP contribution in [0.15, 0.2) is 42.6 Å². The topological polar surface area (TPSA) is 28.7 Å². The van der Waals surface area contributed by atoms with Crippen LogP contribution < -0.4 is 0 Å². The van der Waals surface area contributed by atoms with Gasteiger partial charge < -0.3 is 4.98 Å². The van der Waals surface area contributed by atoms with Crippen LogP contribution in [0.25, 0.3) is 22.3 Å². The second kappa shape index (κ2) is 5.11. The Morgan fingerprint density at radius 3 is 2.13 bits per heavy atom. The average Bonchev–Trinajstić information content (AvgIpc) is 2.88. The number of fused-ring (bicyclic) bond motifs is 1. The Kier molecular flexibility index (Phi) is 3.47. The van der Waals surface area contributed by atoms with Crippen molar-refractivity contribution >= 4 is 11.0 Å². The van der Waals surface area contributed by atoms with E-state index in [9.17, 15) is 13.2 Å². The number of pyridine rings is 1. The van der Waals surface area contributed by atoms with Gasteiger partial charge in [0.25, 0.3) is 0 Å². The lowest BCUT2D eigenvalue weighted by molar-refractivity contribution is -0.137. The van der Waals surface area contributed by atoms with Gasteiger partial charge in [0.2, 0.25) is 0 Å². The molecular weight excluding hydrogens is 301 g/mol. The first-order valence-electron chi connectivity index (χ1n) is 7.31. The van der Waals surface area contributed by atoms with Crippen molar-refractivity contribution in [3.05, 3.63) is 53.7 Å². The van der Waals surface area contributed by atoms with Gasteiger partial charge in [-0.2, -0.15) is 13.2 Å². The molecule has 0 aliphatic heterocycles. The van der Waals surface area contributed by atoms with Gasteiger partial charge in [-0.25, -0.2) is 4.98 Å². The first-order chi connectivity index (χ1) is 10.6. The quantitative estimate of drug-likeness (QED) is 0.626. The monoisotopic (exact) mass is 318 g/mol. The highest BCUT2D eigenvalue weighted by molar-refractivity contribution is 5.83. The van der Waals surface area contributed by atoms with Gasteiger partial charge in [-0.15, -0.1) is 0 Å². The van der Waals surface area contributed by atoms with E-state index in [2.05, 4.69) is 30.7 Å². The molecule has 0 amide bonds. The second-order valence-corrected chi connectivity index (χ2v) is 6.67. The number of aromatic nitrogens is 2. The van der Waals surface area contributed by atoms with Crippen molar-refractivity contribution in [3.8, 4) is 11.3 Å². The Morgan fingerprint density at radius 1 is 0.913 bits per heavy atom. The van der Waals surface area contributed by atoms with Crippen LogP contribution in [0.3, 0.4) is 0 Å². The molecule has 0 aliphatic rings. The highest BCUT2D eigenvalue weighted by Gasteiger charge is 2.31. The molecule has 120 valence electrons. The molecule has 1 aromatic carbocycles. The van der Waals surface area contributed by atoms with Crippen molar-refractivity contribution in [2.24, 2.45) is 0 Å². The second-order valence-electron chi connectivity index (χ2n) is 6.67. The smallest absolute Gasteiger partial charge is 0.339 e. The van der Waals surface area contributed by atoms with Crippen LogP contribution in [0.5, 0.6) is 0 Å². The maximum Gasteiger partial charge on any atom is 0.417 e. The van der Waals surface area contributed by atoms with E-state index in [4.69, 9.17) is 0 Å². The Bertz CT molecular complexity index is 837. The minimum Gasteiger partial charge on any atom is -0.339 e. The highest BCUT2D eigenvalue weighted by Crippen LogP contribution is 2.32. The van der Waals surface area contributed by atoms with Gasteiger partial charge in [-0.05, 0) is 28.7 Å². The molecule has 2 aromatic heterocycles. The lowest BCUT2D eigenvalue weighted by Gasteiger charge is -2.18. The zero-order chi connectivity index (χ0) is 16.8. The summed E-state index contributed by atoms with van der Waals surface area (Å²) in [5.41, 5.74) is 2.65. The van der Waals surface area contributed by atoms with Crippen LogP contribution in [0.1, 0.15) is 31.9 Å². The zero-order valence-electron chi connectivity index (χ0n) is 13.1. The summed E-state index contributed by atoms with van der Waals surface area (Å²) in [4.78, 5) is 6.95. The van der Waals surface area contributed by atoms with E-state index in [0.29, 0.717) is 11.0 Å². The molecule has 0 fully saturated rings. The van der Waals surface area contributed by atoms with E-state index in [1.54, 1.807) is 6.07 Å². The maximum atomic E-state index is 12.8. The number of hydrogen-bond donors (Lipinski definition) is 1. The maximum absolute atomic E-state index is 12.8. The molecule has 1 N–H and O–H groups in total. The minimum absolute atomic E-state index is 0.0577. The molecule has 0 atom stereocenters. The standard InChI is InChI=1S/C18H17F3N2/c1-17(2,3)13-6-4-11(5-7-13)15-9-12-8-14(18(19,20)21)10-22-16(12)23-15/h4-10H,1-3H3,(H,22,23). The SMILES string of the molecule is CC(C)(C)c1ccc(-c2cc3cc(C(F)(F)F)cnc3[nH]2)cc1. The predicted molar refractivity (Wildman–Crippen MR) is 85.2 cm³/mol. The van der Waals surface area contributed by atoms with Crippen molar-refractivity contribution in [1.82, 2.24) is 9.97 Å². The number of nitrogens with one attached hydrogen (secondary N) is 1. The summed E-state index contributed by atoms with van der Waals surface area (Å²) in [6, 6.07) is 10.8. The summed E-state index contributed by atoms with van der Waals surface area (Å²) < 4.78 is 38.3. The molecule has 0 bridgehead atoms. The first-order valence-corrected chi connectivity index (χ1v) is 7.31. The average molecular weight is 318 g/mol. The van der Waals surface area contributed by atoms with Crippen molar-refractivity contribution in [1.29, 1.82) is 0 Å². The number of nitrogens with zero attached hydrogens (tertiary/aromatic N) is 1. The predicted octanol–water partition coefficient (Wildman–Crippen LogP) is 5.55. The Hall–Kier alpha value is -2.30. The summed E-state index contributed by atoms with van der Waals surface area (Å²) in [6.07, 6.45) is -3.53. The Balaban J connectivity index is 2.00. The van der Waals surface area contributed by atoms with Crippen LogP contribution in [0.2, 0.25) is 0 Å². The van der Waals surface area contributed by atoms with E-state index in [0.717, 1.165) is 23.5 Å². The van der Waals surface area contributed by atoms with E-state index in [1.165, 1.54) is 5.56 Å². The molecule has 2 heterocycles. The lowest BCUT2D eigenvalue weighted by Crippen LogP contribution is -2.10. The summed E-state index contributed by atoms with van der Waals surface area (Å²) in [5.74, 6) is 0. The van der Waals surface area contributed by atoms with E-state index in [1.807, 2.05) is 24.3 Å². The largest absolute Gasteiger partial charge is 0.417 e. The fourth-order valence-corrected chi connectivity index (χ4v) is 2.48. The minimum atomic E-state index is -4.38. The van der Waals surface area contributed by atoms with Gasteiger partial charge >= 0.3 is 6.18 Å². The molecule has 0 saturated heterocycles. The summed E-state index contributed by atoms with van der Waals surface area (Å²) >= 11 is 0. The molecule has 0 aliphatic carbocycles. The van der Waals surface area contributed by atoms with Crippen LogP contribution in [-0.4, -0.2) is 9.97 Å². The molecule has 3 rings (SSSR count). The molecule has 0 radical (unpaired) electrons. The summed E-state index contributed by atoms with van der Waals surface area (Å²) in [7, 11) is 0. The van der Waals surface area contributed by atoms with E-state index in [-0.39, 0.29) is 5.41 Å². The molecule has 5 heteroatoms. The Morgan fingerprint density at radius 2 is 1.57 bits per heavy atom. The van der Waals surface area contributed by atoms with Crippen molar-refractivity contribution in [3.63, 3.8) is 0 Å². The van der Waals surface area contributed by atoms with Gasteiger partial charge in [0, 0.05) is 17.3 Å². The number of hydrogen-bond acceptors (Lipinski definition) is 1. The van der Waals surface area contributed by atoms with Crippen LogP contribution in [0, 0.1) is 0 Å². The summed E-state index contributed by atoms with van der Waals surface area (Å²) in [5, 5.41) is 0.453. The number of alkyl halides is 3. The first kappa shape index (κ1) is 15.6. The van der Waals surface area contributed by atoms with Crippen LogP contribution >= 0.6 is 0 Å². The molecule has 3 aromatic rings. The fourth-order valence-electron chi connectivity index (χ4n) is 2.48. The third kappa shape index (κ3) is 3.09. The van der Waals surface area contributed by atoms with Crippen molar-refractivity contribution in [2.45, 2.75) is 32.4 Å². The van der Waals surface area contributed by atoms with Gasteiger partial charge in [0.05, 0.1) is 5.56 Å². The number of H-pyrrole nitrogens is 1. The van der Waals surface area contributed by atoms with Crippen LogP contribution in [0.4, 0.5) is 13.2 Å². The molecule has 0 saturated carbocycles. The molecular formula is C18H17F3N2. The molecule has 0 unspecified atom stereocenters. The lowest BCUT2D eigenvalue weighted by atomic mass is 9.86. The molecule has 2 nitrogen and oxygen atoms in total. The normalized spacial score (nSPS) is 12.8. The third-order valence-corrected chi connectivity index (χ3v) is 3.86. The zero-order valence-corrected chi connectivity index (χ0v) is 13.1. The molecule has 23 heavy (non-hydrogen) atoms. The van der Waals surface area contributed by atoms with Crippen LogP contribution in [-0.2, 0) is 11.6 Å². The molecule has 0 spiro atoms. The highest BCUT2D eigenvalue weighted by atomic mass is 19.4. The van der Waals surface area contributed by atoms with E-state index >= 15 is 0 Å². The fraction of sp³-hybridized carbons (Fsp3) is 0.278. The van der Waals surface area contributed by atoms with Gasteiger partial charge in [-0.3, -0.25) is 0 Å². The van der Waals surface area contributed by atoms with Gasteiger partial charge in [0.15, 0.2) is 0 Å². The Labute approximate surface area is 132 Å². The third-order valence-electron chi connectivity index (χ3n) is 3.86. The summed E-state index contributed by atoms with van der Waals surface area (Å²) in [6.45, 7) is 6.40. The van der Waals surface area contributed by atoms with Gasteiger partial charge in [0.1, 0.15) is 5.65 Å². The number of halogens is 3. The number of rotatable bonds is 1. The number of benzene rings is 1. The number of aromatic amines is 1. The van der Waals surface area contributed by atoms with E-state index < -0.39 is 11.7 Å². The van der Waals surface area contributed by atoms with Crippen molar-refractivity contribution in [2.75, 3.05) is 0 Å². The van der Waals surface area contributed by atoms with Gasteiger partial charge in [-0.1, -0.05) is 45.0 Å².